The lowest BCUT2D eigenvalue weighted by atomic mass is 10.2. The fraction of sp³-hybridized carbons (Fsp3) is 0.714. The summed E-state index contributed by atoms with van der Waals surface area (Å²) in [5.41, 5.74) is 1.02. The van der Waals surface area contributed by atoms with E-state index in [1.54, 1.807) is 0 Å². The number of nitrogens with zero attached hydrogens (tertiary/aromatic N) is 3. The normalized spacial score (nSPS) is 24.1. The smallest absolute Gasteiger partial charge is 0.224 e. The zero-order valence-corrected chi connectivity index (χ0v) is 13.8. The van der Waals surface area contributed by atoms with Crippen molar-refractivity contribution in [2.24, 2.45) is 0 Å². The number of hydrogen-bond acceptors (Lipinski definition) is 5. The van der Waals surface area contributed by atoms with Crippen molar-refractivity contribution in [1.29, 1.82) is 0 Å². The molecular weight excluding hydrogens is 310 g/mol. The van der Waals surface area contributed by atoms with Gasteiger partial charge in [0.05, 0.1) is 25.9 Å². The Balaban J connectivity index is 1.86. The summed E-state index contributed by atoms with van der Waals surface area (Å²) in [5.74, 6) is 1.68. The van der Waals surface area contributed by atoms with Gasteiger partial charge in [-0.05, 0) is 30.3 Å². The van der Waals surface area contributed by atoms with E-state index in [4.69, 9.17) is 21.4 Å². The van der Waals surface area contributed by atoms with Gasteiger partial charge in [0.1, 0.15) is 17.3 Å². The molecule has 1 aromatic rings. The molecule has 1 saturated carbocycles. The number of hydrogen-bond donors (Lipinski definition) is 1. The number of halogens is 1. The second kappa shape index (κ2) is 6.28. The van der Waals surface area contributed by atoms with Gasteiger partial charge in [0.25, 0.3) is 0 Å². The van der Waals surface area contributed by atoms with Crippen molar-refractivity contribution in [3.05, 3.63) is 17.0 Å². The molecule has 1 atom stereocenters. The Morgan fingerprint density at radius 1 is 1.52 bits per heavy atom. The van der Waals surface area contributed by atoms with Crippen LogP contribution in [-0.4, -0.2) is 53.2 Å². The molecule has 1 N–H and O–H groups in total. The van der Waals surface area contributed by atoms with Gasteiger partial charge in [-0.25, -0.2) is 9.97 Å². The van der Waals surface area contributed by atoms with Gasteiger partial charge in [-0.3, -0.25) is 0 Å². The van der Waals surface area contributed by atoms with Crippen LogP contribution in [0.3, 0.4) is 0 Å². The van der Waals surface area contributed by atoms with E-state index in [1.165, 1.54) is 11.8 Å². The van der Waals surface area contributed by atoms with Gasteiger partial charge in [0.15, 0.2) is 4.75 Å². The van der Waals surface area contributed by atoms with Crippen molar-refractivity contribution in [3.8, 4) is 0 Å². The van der Waals surface area contributed by atoms with Crippen LogP contribution >= 0.6 is 11.6 Å². The van der Waals surface area contributed by atoms with Crippen molar-refractivity contribution in [1.82, 2.24) is 9.97 Å². The third-order valence-corrected chi connectivity index (χ3v) is 5.94. The molecule has 0 unspecified atom stereocenters. The van der Waals surface area contributed by atoms with Crippen molar-refractivity contribution in [2.75, 3.05) is 37.0 Å². The van der Waals surface area contributed by atoms with Crippen molar-refractivity contribution >= 4 is 29.2 Å². The van der Waals surface area contributed by atoms with Crippen LogP contribution in [0.2, 0.25) is 5.28 Å². The van der Waals surface area contributed by atoms with E-state index in [-0.39, 0.29) is 11.4 Å². The highest BCUT2D eigenvalue weighted by Gasteiger charge is 2.54. The summed E-state index contributed by atoms with van der Waals surface area (Å²) in [7, 11) is 0. The van der Waals surface area contributed by atoms with Gasteiger partial charge in [-0.15, -0.1) is 0 Å². The quantitative estimate of drug-likeness (QED) is 0.498. The fourth-order valence-electron chi connectivity index (χ4n) is 2.74. The summed E-state index contributed by atoms with van der Waals surface area (Å²) in [4.78, 5) is 11.1. The summed E-state index contributed by atoms with van der Waals surface area (Å²) >= 11 is 7.39. The van der Waals surface area contributed by atoms with Crippen LogP contribution in [0.15, 0.2) is 6.07 Å². The molecule has 21 heavy (non-hydrogen) atoms. The number of rotatable bonds is 5. The first-order chi connectivity index (χ1) is 10.1. The molecule has 1 aliphatic heterocycles. The standard InChI is InChI=1S/C14H20ClN3O2S/c1-10-9-20-6-4-18(10)12-8-11(16-13(15)17-12)14(2-3-14)21-7-5-19/h8,10,19H,2-7,9H2,1H3/p+1/t10-/m0/s1. The zero-order chi connectivity index (χ0) is 14.9. The molecule has 1 aromatic heterocycles. The summed E-state index contributed by atoms with van der Waals surface area (Å²) in [6.45, 7) is 4.61. The minimum Gasteiger partial charge on any atom is -0.391 e. The Kier molecular flexibility index (Phi) is 4.59. The number of aliphatic hydroxyl groups excluding tert-OH is 1. The summed E-state index contributed by atoms with van der Waals surface area (Å²) in [6.07, 6.45) is 2.22. The minimum absolute atomic E-state index is 0.0829. The second-order valence-corrected chi connectivity index (χ2v) is 7.59. The zero-order valence-electron chi connectivity index (χ0n) is 12.1. The average molecular weight is 331 g/mol. The number of morpholine rings is 1. The maximum absolute atomic E-state index is 9.06. The van der Waals surface area contributed by atoms with Crippen LogP contribution < -0.4 is 4.90 Å². The number of anilines is 1. The molecule has 5 nitrogen and oxygen atoms in total. The molecule has 0 spiro atoms. The maximum Gasteiger partial charge on any atom is 0.224 e. The number of thiol groups is 1. The van der Waals surface area contributed by atoms with E-state index in [0.717, 1.165) is 43.3 Å². The maximum atomic E-state index is 9.06. The Hall–Kier alpha value is -0.560. The van der Waals surface area contributed by atoms with E-state index in [2.05, 4.69) is 27.9 Å². The van der Waals surface area contributed by atoms with E-state index in [1.807, 2.05) is 0 Å². The van der Waals surface area contributed by atoms with Gasteiger partial charge in [-0.1, -0.05) is 0 Å². The first kappa shape index (κ1) is 15.3. The van der Waals surface area contributed by atoms with Gasteiger partial charge < -0.3 is 14.7 Å². The average Bonchev–Trinajstić information content (AvgIpc) is 3.26. The fourth-order valence-corrected chi connectivity index (χ4v) is 4.15. The largest absolute Gasteiger partial charge is 0.391 e. The lowest BCUT2D eigenvalue weighted by molar-refractivity contribution is 0.0985. The van der Waals surface area contributed by atoms with Crippen molar-refractivity contribution in [3.63, 3.8) is 0 Å². The predicted octanol–water partition coefficient (Wildman–Crippen LogP) is 1.15. The third-order valence-electron chi connectivity index (χ3n) is 4.06. The number of aromatic nitrogens is 2. The predicted molar refractivity (Wildman–Crippen MR) is 86.3 cm³/mol. The number of aliphatic hydroxyl groups is 1. The summed E-state index contributed by atoms with van der Waals surface area (Å²) in [5, 5.41) is 9.38. The van der Waals surface area contributed by atoms with Crippen molar-refractivity contribution < 1.29 is 9.84 Å². The molecular formula is C14H21ClN3O2S+. The van der Waals surface area contributed by atoms with Gasteiger partial charge in [0.2, 0.25) is 5.28 Å². The highest BCUT2D eigenvalue weighted by molar-refractivity contribution is 7.79. The molecule has 7 heteroatoms. The highest BCUT2D eigenvalue weighted by atomic mass is 35.5. The van der Waals surface area contributed by atoms with E-state index in [9.17, 15) is 0 Å². The molecule has 0 bridgehead atoms. The Morgan fingerprint density at radius 2 is 2.33 bits per heavy atom. The molecule has 0 aromatic carbocycles. The molecule has 0 amide bonds. The molecule has 116 valence electrons. The summed E-state index contributed by atoms with van der Waals surface area (Å²) in [6, 6.07) is 2.37. The molecule has 2 aliphatic rings. The van der Waals surface area contributed by atoms with Crippen LogP contribution in [-0.2, 0) is 21.2 Å². The molecule has 1 aliphatic carbocycles. The molecule has 2 heterocycles. The topological polar surface area (TPSA) is 58.5 Å². The lowest BCUT2D eigenvalue weighted by Gasteiger charge is -2.34. The van der Waals surface area contributed by atoms with Crippen LogP contribution in [0.1, 0.15) is 25.5 Å². The number of ether oxygens (including phenoxy) is 1. The second-order valence-electron chi connectivity index (χ2n) is 5.63. The van der Waals surface area contributed by atoms with Crippen molar-refractivity contribution in [2.45, 2.75) is 30.6 Å². The Bertz CT molecular complexity index is 513. The first-order valence-electron chi connectivity index (χ1n) is 7.33. The van der Waals surface area contributed by atoms with Crippen LogP contribution in [0.5, 0.6) is 0 Å². The molecule has 2 fully saturated rings. The Morgan fingerprint density at radius 3 is 3.00 bits per heavy atom. The molecule has 3 rings (SSSR count). The monoisotopic (exact) mass is 330 g/mol. The van der Waals surface area contributed by atoms with Gasteiger partial charge >= 0.3 is 0 Å². The molecule has 0 radical (unpaired) electrons. The van der Waals surface area contributed by atoms with Gasteiger partial charge in [-0.2, -0.15) is 0 Å². The van der Waals surface area contributed by atoms with Crippen LogP contribution in [0.25, 0.3) is 0 Å². The van der Waals surface area contributed by atoms with E-state index < -0.39 is 0 Å². The van der Waals surface area contributed by atoms with E-state index >= 15 is 0 Å². The highest BCUT2D eigenvalue weighted by Crippen LogP contribution is 2.49. The third kappa shape index (κ3) is 3.28. The molecule has 1 saturated heterocycles. The van der Waals surface area contributed by atoms with Gasteiger partial charge in [0, 0.05) is 25.5 Å². The Labute approximate surface area is 134 Å². The minimum atomic E-state index is 0.0829. The lowest BCUT2D eigenvalue weighted by Crippen LogP contribution is -2.44. The van der Waals surface area contributed by atoms with E-state index in [0.29, 0.717) is 17.9 Å². The SMILES string of the molecule is C[C@H]1COCCN1c1cc(C2([SH+]CCO)CC2)nc(Cl)n1. The first-order valence-corrected chi connectivity index (χ1v) is 8.79. The van der Waals surface area contributed by atoms with Crippen LogP contribution in [0, 0.1) is 0 Å². The summed E-state index contributed by atoms with van der Waals surface area (Å²) < 4.78 is 5.56. The van der Waals surface area contributed by atoms with Crippen LogP contribution in [0.4, 0.5) is 5.82 Å².